The number of hydrogen-bond acceptors (Lipinski definition) is 0. The van der Waals surface area contributed by atoms with Gasteiger partial charge in [-0.2, -0.15) is 0 Å². The van der Waals surface area contributed by atoms with E-state index in [1.165, 1.54) is 77.0 Å². The SMILES string of the molecule is c1ccc(-c2cc(-c3cc(-c4ccccc4)cc(-n4c5ccccc5c5ccccc54)c3)cc(-n3c4ccccc4c4ccccc43)c2)cc1. The van der Waals surface area contributed by atoms with Crippen molar-refractivity contribution in [1.82, 2.24) is 9.13 Å². The van der Waals surface area contributed by atoms with Crippen molar-refractivity contribution < 1.29 is 0 Å². The number of rotatable bonds is 5. The van der Waals surface area contributed by atoms with E-state index in [1.54, 1.807) is 0 Å². The van der Waals surface area contributed by atoms with Crippen LogP contribution >= 0.6 is 0 Å². The monoisotopic (exact) mass is 636 g/mol. The van der Waals surface area contributed by atoms with Crippen molar-refractivity contribution in [3.05, 3.63) is 194 Å². The fourth-order valence-electron chi connectivity index (χ4n) is 7.81. The zero-order chi connectivity index (χ0) is 33.0. The van der Waals surface area contributed by atoms with Crippen LogP contribution in [0.2, 0.25) is 0 Å². The smallest absolute Gasteiger partial charge is 0.0541 e. The van der Waals surface area contributed by atoms with Gasteiger partial charge in [-0.15, -0.1) is 0 Å². The van der Waals surface area contributed by atoms with Crippen LogP contribution in [0.3, 0.4) is 0 Å². The summed E-state index contributed by atoms with van der Waals surface area (Å²) in [6, 6.07) is 70.6. The van der Waals surface area contributed by atoms with Gasteiger partial charge >= 0.3 is 0 Å². The summed E-state index contributed by atoms with van der Waals surface area (Å²) >= 11 is 0. The molecule has 0 aliphatic carbocycles. The van der Waals surface area contributed by atoms with Gasteiger partial charge in [0.05, 0.1) is 22.1 Å². The van der Waals surface area contributed by atoms with E-state index in [0.717, 1.165) is 11.4 Å². The quantitative estimate of drug-likeness (QED) is 0.178. The highest BCUT2D eigenvalue weighted by Gasteiger charge is 2.17. The molecule has 2 nitrogen and oxygen atoms in total. The molecule has 0 N–H and O–H groups in total. The molecule has 0 atom stereocenters. The molecule has 0 saturated carbocycles. The summed E-state index contributed by atoms with van der Waals surface area (Å²) < 4.78 is 4.85. The van der Waals surface area contributed by atoms with Crippen LogP contribution in [0.25, 0.3) is 88.4 Å². The Morgan fingerprint density at radius 2 is 0.480 bits per heavy atom. The highest BCUT2D eigenvalue weighted by atomic mass is 15.0. The zero-order valence-corrected chi connectivity index (χ0v) is 27.4. The van der Waals surface area contributed by atoms with Crippen LogP contribution in [-0.4, -0.2) is 9.13 Å². The minimum absolute atomic E-state index is 1.14. The number of benzene rings is 8. The lowest BCUT2D eigenvalue weighted by Crippen LogP contribution is -1.98. The molecule has 0 aliphatic heterocycles. The summed E-state index contributed by atoms with van der Waals surface area (Å²) in [5, 5.41) is 5.04. The van der Waals surface area contributed by atoms with Crippen molar-refractivity contribution in [2.24, 2.45) is 0 Å². The maximum atomic E-state index is 2.43. The standard InChI is InChI=1S/C48H32N2/c1-3-15-33(16-4-1)35-27-37(31-39(29-35)49-45-23-11-7-19-41(45)42-20-8-12-24-46(42)49)38-28-36(34-17-5-2-6-18-34)30-40(32-38)50-47-25-13-9-21-43(47)44-22-10-14-26-48(44)50/h1-32H. The predicted octanol–water partition coefficient (Wildman–Crippen LogP) is 12.9. The van der Waals surface area contributed by atoms with Crippen LogP contribution in [0.5, 0.6) is 0 Å². The first-order valence-electron chi connectivity index (χ1n) is 17.2. The molecule has 50 heavy (non-hydrogen) atoms. The van der Waals surface area contributed by atoms with Gasteiger partial charge in [-0.05, 0) is 94.0 Å². The van der Waals surface area contributed by atoms with E-state index in [1.807, 2.05) is 0 Å². The third-order valence-corrected chi connectivity index (χ3v) is 10.1. The van der Waals surface area contributed by atoms with Crippen LogP contribution in [-0.2, 0) is 0 Å². The summed E-state index contributed by atoms with van der Waals surface area (Å²) in [5.74, 6) is 0. The maximum absolute atomic E-state index is 2.43. The molecule has 8 aromatic carbocycles. The fourth-order valence-corrected chi connectivity index (χ4v) is 7.81. The molecular formula is C48H32N2. The molecule has 0 bridgehead atoms. The van der Waals surface area contributed by atoms with Crippen molar-refractivity contribution in [2.75, 3.05) is 0 Å². The molecule has 0 unspecified atom stereocenters. The summed E-state index contributed by atoms with van der Waals surface area (Å²) in [7, 11) is 0. The van der Waals surface area contributed by atoms with Gasteiger partial charge in [0, 0.05) is 32.9 Å². The molecule has 2 heteroatoms. The third-order valence-electron chi connectivity index (χ3n) is 10.1. The molecule has 10 aromatic rings. The molecule has 0 aliphatic rings. The molecule has 0 radical (unpaired) electrons. The molecular weight excluding hydrogens is 605 g/mol. The number of nitrogens with zero attached hydrogens (tertiary/aromatic N) is 2. The van der Waals surface area contributed by atoms with E-state index in [-0.39, 0.29) is 0 Å². The van der Waals surface area contributed by atoms with Gasteiger partial charge in [0.2, 0.25) is 0 Å². The summed E-state index contributed by atoms with van der Waals surface area (Å²) in [5.41, 5.74) is 14.2. The highest BCUT2D eigenvalue weighted by molar-refractivity contribution is 6.10. The van der Waals surface area contributed by atoms with Gasteiger partial charge in [0.15, 0.2) is 0 Å². The van der Waals surface area contributed by atoms with Crippen LogP contribution < -0.4 is 0 Å². The summed E-state index contributed by atoms with van der Waals surface area (Å²) in [6.45, 7) is 0. The average Bonchev–Trinajstić information content (AvgIpc) is 3.71. The van der Waals surface area contributed by atoms with E-state index < -0.39 is 0 Å². The lowest BCUT2D eigenvalue weighted by molar-refractivity contribution is 1.17. The summed E-state index contributed by atoms with van der Waals surface area (Å²) in [4.78, 5) is 0. The molecule has 10 rings (SSSR count). The molecule has 2 aromatic heterocycles. The Balaban J connectivity index is 1.28. The van der Waals surface area contributed by atoms with Gasteiger partial charge in [-0.1, -0.05) is 133 Å². The first-order valence-corrected chi connectivity index (χ1v) is 17.2. The van der Waals surface area contributed by atoms with Crippen LogP contribution in [0.15, 0.2) is 194 Å². The van der Waals surface area contributed by atoms with Crippen molar-refractivity contribution >= 4 is 43.6 Å². The second-order valence-electron chi connectivity index (χ2n) is 13.0. The average molecular weight is 637 g/mol. The Morgan fingerprint density at radius 1 is 0.220 bits per heavy atom. The van der Waals surface area contributed by atoms with E-state index in [0.29, 0.717) is 0 Å². The molecule has 2 heterocycles. The first kappa shape index (κ1) is 28.4. The minimum Gasteiger partial charge on any atom is -0.309 e. The predicted molar refractivity (Wildman–Crippen MR) is 211 cm³/mol. The first-order chi connectivity index (χ1) is 24.8. The van der Waals surface area contributed by atoms with Crippen molar-refractivity contribution in [2.45, 2.75) is 0 Å². The van der Waals surface area contributed by atoms with E-state index in [4.69, 9.17) is 0 Å². The maximum Gasteiger partial charge on any atom is 0.0541 e. The van der Waals surface area contributed by atoms with E-state index in [2.05, 4.69) is 203 Å². The Bertz CT molecular complexity index is 2550. The largest absolute Gasteiger partial charge is 0.309 e. The molecule has 0 fully saturated rings. The Hall–Kier alpha value is -6.64. The Kier molecular flexibility index (Phi) is 6.53. The lowest BCUT2D eigenvalue weighted by Gasteiger charge is -2.17. The van der Waals surface area contributed by atoms with Crippen LogP contribution in [0.4, 0.5) is 0 Å². The van der Waals surface area contributed by atoms with Gasteiger partial charge in [-0.25, -0.2) is 0 Å². The normalized spacial score (nSPS) is 11.6. The van der Waals surface area contributed by atoms with Gasteiger partial charge in [0.1, 0.15) is 0 Å². The lowest BCUT2D eigenvalue weighted by atomic mass is 9.94. The minimum atomic E-state index is 1.14. The Labute approximate surface area is 290 Å². The Morgan fingerprint density at radius 3 is 0.800 bits per heavy atom. The molecule has 234 valence electrons. The van der Waals surface area contributed by atoms with Crippen molar-refractivity contribution in [3.8, 4) is 44.8 Å². The van der Waals surface area contributed by atoms with E-state index >= 15 is 0 Å². The summed E-state index contributed by atoms with van der Waals surface area (Å²) in [6.07, 6.45) is 0. The molecule has 0 amide bonds. The van der Waals surface area contributed by atoms with Gasteiger partial charge < -0.3 is 9.13 Å². The fraction of sp³-hybridized carbons (Fsp3) is 0. The molecule has 0 saturated heterocycles. The zero-order valence-electron chi connectivity index (χ0n) is 27.4. The molecule has 0 spiro atoms. The number of hydrogen-bond donors (Lipinski definition) is 0. The van der Waals surface area contributed by atoms with Crippen molar-refractivity contribution in [3.63, 3.8) is 0 Å². The number of para-hydroxylation sites is 4. The van der Waals surface area contributed by atoms with Gasteiger partial charge in [-0.3, -0.25) is 0 Å². The highest BCUT2D eigenvalue weighted by Crippen LogP contribution is 2.39. The second kappa shape index (κ2) is 11.5. The van der Waals surface area contributed by atoms with E-state index in [9.17, 15) is 0 Å². The number of fused-ring (bicyclic) bond motifs is 6. The van der Waals surface area contributed by atoms with Crippen LogP contribution in [0.1, 0.15) is 0 Å². The second-order valence-corrected chi connectivity index (χ2v) is 13.0. The topological polar surface area (TPSA) is 9.86 Å². The third kappa shape index (κ3) is 4.57. The van der Waals surface area contributed by atoms with Crippen molar-refractivity contribution in [1.29, 1.82) is 0 Å². The van der Waals surface area contributed by atoms with Gasteiger partial charge in [0.25, 0.3) is 0 Å². The number of aromatic nitrogens is 2. The van der Waals surface area contributed by atoms with Crippen LogP contribution in [0, 0.1) is 0 Å².